The average Bonchev–Trinajstić information content (AvgIpc) is 3.19. The number of carbonyl (C=O) groups is 3. The van der Waals surface area contributed by atoms with E-state index in [9.17, 15) is 29.2 Å². The van der Waals surface area contributed by atoms with Crippen LogP contribution < -0.4 is 11.1 Å². The number of nitrogens with two attached hydrogens (primary N) is 1. The summed E-state index contributed by atoms with van der Waals surface area (Å²) in [6.45, 7) is -0.842. The maximum absolute atomic E-state index is 12.4. The van der Waals surface area contributed by atoms with E-state index in [2.05, 4.69) is 9.51 Å². The van der Waals surface area contributed by atoms with Gasteiger partial charge in [0.1, 0.15) is 30.1 Å². The number of anilines is 1. The maximum Gasteiger partial charge on any atom is 0.469 e. The van der Waals surface area contributed by atoms with E-state index in [0.717, 1.165) is 10.9 Å². The largest absolute Gasteiger partial charge is 0.481 e. The molecule has 0 radical (unpaired) electrons. The number of nitrogens with one attached hydrogen (secondary N) is 1. The number of carboxylic acids is 2. The molecule has 1 saturated heterocycles. The van der Waals surface area contributed by atoms with E-state index in [-0.39, 0.29) is 0 Å². The highest BCUT2D eigenvalue weighted by Crippen LogP contribution is 2.38. The third-order valence-electron chi connectivity index (χ3n) is 3.75. The number of nitrogens with zero attached hydrogens (tertiary/aromatic N) is 2. The van der Waals surface area contributed by atoms with Gasteiger partial charge in [0.25, 0.3) is 5.91 Å². The van der Waals surface area contributed by atoms with Crippen LogP contribution in [0.5, 0.6) is 0 Å². The third kappa shape index (κ3) is 5.51. The number of phosphoric acid groups is 1. The summed E-state index contributed by atoms with van der Waals surface area (Å²) in [5, 5.41) is 39.6. The minimum Gasteiger partial charge on any atom is -0.481 e. The van der Waals surface area contributed by atoms with Crippen molar-refractivity contribution in [1.29, 1.82) is 0 Å². The van der Waals surface area contributed by atoms with Gasteiger partial charge in [-0.25, -0.2) is 14.3 Å². The van der Waals surface area contributed by atoms with Crippen molar-refractivity contribution >= 4 is 31.5 Å². The topological polar surface area (TPSA) is 264 Å². The van der Waals surface area contributed by atoms with Crippen LogP contribution in [0.1, 0.15) is 27.2 Å². The van der Waals surface area contributed by atoms with Crippen LogP contribution >= 0.6 is 7.82 Å². The van der Waals surface area contributed by atoms with Crippen LogP contribution in [0.15, 0.2) is 6.33 Å². The molecule has 0 unspecified atom stereocenters. The van der Waals surface area contributed by atoms with Gasteiger partial charge in [-0.15, -0.1) is 0 Å². The van der Waals surface area contributed by atoms with Crippen molar-refractivity contribution in [2.75, 3.05) is 12.3 Å². The van der Waals surface area contributed by atoms with Gasteiger partial charge in [0.05, 0.1) is 20.7 Å². The lowest BCUT2D eigenvalue weighted by Gasteiger charge is -2.18. The summed E-state index contributed by atoms with van der Waals surface area (Å²) < 4.78 is 43.4. The molecule has 0 spiro atoms. The average molecular weight is 457 g/mol. The Kier molecular flexibility index (Phi) is 5.85. The van der Waals surface area contributed by atoms with Crippen LogP contribution in [-0.4, -0.2) is 88.5 Å². The van der Waals surface area contributed by atoms with E-state index in [1.807, 2.05) is 0 Å². The molecule has 1 aromatic rings. The number of phosphoric ester groups is 1. The van der Waals surface area contributed by atoms with Gasteiger partial charge in [-0.3, -0.25) is 18.7 Å². The Morgan fingerprint density at radius 3 is 2.57 bits per heavy atom. The number of aliphatic hydroxyl groups is 2. The van der Waals surface area contributed by atoms with E-state index in [1.165, 1.54) is 5.32 Å². The molecule has 17 heteroatoms. The number of nitrogen functional groups attached to an aromatic ring is 1. The normalized spacial score (nSPS) is 28.1. The van der Waals surface area contributed by atoms with E-state index >= 15 is 0 Å². The molecule has 168 valence electrons. The molecule has 30 heavy (non-hydrogen) atoms. The maximum atomic E-state index is 12.4. The van der Waals surface area contributed by atoms with Gasteiger partial charge < -0.3 is 46.0 Å². The zero-order chi connectivity index (χ0) is 25.5. The lowest BCUT2D eigenvalue weighted by atomic mass is 10.1. The number of imidazole rings is 1. The van der Waals surface area contributed by atoms with E-state index in [0.29, 0.717) is 0 Å². The van der Waals surface area contributed by atoms with E-state index < -0.39 is 80.7 Å². The summed E-state index contributed by atoms with van der Waals surface area (Å²) in [5.74, 6) is -6.89. The number of carbonyl (C=O) groups excluding carboxylic acids is 1. The van der Waals surface area contributed by atoms with Gasteiger partial charge in [0.2, 0.25) is 0 Å². The summed E-state index contributed by atoms with van der Waals surface area (Å²) in [6, 6.07) is -3.70. The van der Waals surface area contributed by atoms with Crippen LogP contribution in [0.2, 0.25) is 0 Å². The molecule has 0 aliphatic carbocycles. The summed E-state index contributed by atoms with van der Waals surface area (Å²) in [7, 11) is -4.93. The number of hydrogen-bond donors (Lipinski definition) is 8. The molecule has 1 amide bonds. The second-order valence-corrected chi connectivity index (χ2v) is 7.02. The fourth-order valence-corrected chi connectivity index (χ4v) is 2.77. The zero-order valence-corrected chi connectivity index (χ0v) is 15.5. The second kappa shape index (κ2) is 9.05. The van der Waals surface area contributed by atoms with Crippen molar-refractivity contribution < 1.29 is 62.5 Å². The Labute approximate surface area is 171 Å². The minimum atomic E-state index is -4.93. The predicted molar refractivity (Wildman–Crippen MR) is 91.7 cm³/mol. The first kappa shape index (κ1) is 19.4. The highest BCUT2D eigenvalue weighted by atomic mass is 31.2. The van der Waals surface area contributed by atoms with Crippen LogP contribution in [-0.2, 0) is 23.4 Å². The van der Waals surface area contributed by atoms with Gasteiger partial charge in [-0.1, -0.05) is 0 Å². The Morgan fingerprint density at radius 2 is 2.03 bits per heavy atom. The molecule has 2 heterocycles. The Hall–Kier alpha value is -2.59. The molecule has 16 nitrogen and oxygen atoms in total. The quantitative estimate of drug-likeness (QED) is 0.170. The smallest absolute Gasteiger partial charge is 0.469 e. The monoisotopic (exact) mass is 457 g/mol. The van der Waals surface area contributed by atoms with Crippen molar-refractivity contribution in [3.8, 4) is 0 Å². The summed E-state index contributed by atoms with van der Waals surface area (Å²) in [6.07, 6.45) is -9.51. The lowest BCUT2D eigenvalue weighted by Crippen LogP contribution is -2.42. The van der Waals surface area contributed by atoms with Crippen LogP contribution in [0.3, 0.4) is 0 Å². The number of hydrogen-bond acceptors (Lipinski definition) is 10. The number of aromatic nitrogens is 2. The fourth-order valence-electron chi connectivity index (χ4n) is 2.43. The number of aliphatic hydroxyl groups excluding tert-OH is 2. The van der Waals surface area contributed by atoms with Crippen molar-refractivity contribution in [2.24, 2.45) is 0 Å². The standard InChI is InChI=1S/C13H19N4O12P/c14-10-7(11(22)16-4(13(23)24)1-6(18)19)15-3-17(10)12-9(21)8(20)5(29-12)2-28-30(25,26)27/h3-5,8-9,12,20-21H,1-2,14H2,(H,16,22)(H,18,19)(H,23,24)(H2,25,26,27)/t4-,5+,8+,9+,12+/m0/s1/i1D2,4D. The van der Waals surface area contributed by atoms with Gasteiger partial charge >= 0.3 is 19.8 Å². The first-order chi connectivity index (χ1) is 14.9. The van der Waals surface area contributed by atoms with Gasteiger partial charge in [0.15, 0.2) is 11.9 Å². The van der Waals surface area contributed by atoms with Crippen LogP contribution in [0, 0.1) is 0 Å². The number of amides is 1. The Balaban J connectivity index is 2.28. The molecule has 1 aromatic heterocycles. The number of aliphatic carboxylic acids is 2. The van der Waals surface area contributed by atoms with Crippen molar-refractivity contribution in [3.05, 3.63) is 12.0 Å². The van der Waals surface area contributed by atoms with Crippen molar-refractivity contribution in [2.45, 2.75) is 36.9 Å². The molecule has 5 atom stereocenters. The molecular formula is C13H19N4O12P. The molecule has 1 aliphatic rings. The van der Waals surface area contributed by atoms with Crippen molar-refractivity contribution in [3.63, 3.8) is 0 Å². The fraction of sp³-hybridized carbons (Fsp3) is 0.538. The molecule has 0 saturated carbocycles. The van der Waals surface area contributed by atoms with Gasteiger partial charge in [-0.05, 0) is 0 Å². The molecular weight excluding hydrogens is 435 g/mol. The lowest BCUT2D eigenvalue weighted by molar-refractivity contribution is -0.145. The minimum absolute atomic E-state index is 0.635. The third-order valence-corrected chi connectivity index (χ3v) is 4.24. The van der Waals surface area contributed by atoms with E-state index in [4.69, 9.17) is 34.6 Å². The van der Waals surface area contributed by atoms with Crippen molar-refractivity contribution in [1.82, 2.24) is 14.9 Å². The van der Waals surface area contributed by atoms with Crippen LogP contribution in [0.4, 0.5) is 5.82 Å². The number of carboxylic acid groups (broad SMARTS) is 2. The molecule has 0 aromatic carbocycles. The first-order valence-corrected chi connectivity index (χ1v) is 9.30. The van der Waals surface area contributed by atoms with E-state index in [1.54, 1.807) is 0 Å². The second-order valence-electron chi connectivity index (χ2n) is 5.78. The van der Waals surface area contributed by atoms with Gasteiger partial charge in [0, 0.05) is 2.74 Å². The summed E-state index contributed by atoms with van der Waals surface area (Å²) >= 11 is 0. The van der Waals surface area contributed by atoms with Gasteiger partial charge in [-0.2, -0.15) is 0 Å². The molecule has 1 aliphatic heterocycles. The number of rotatable bonds is 9. The summed E-state index contributed by atoms with van der Waals surface area (Å²) in [5.41, 5.74) is 4.93. The molecule has 2 rings (SSSR count). The van der Waals surface area contributed by atoms with Crippen LogP contribution in [0.25, 0.3) is 0 Å². The zero-order valence-electron chi connectivity index (χ0n) is 17.6. The first-order valence-electron chi connectivity index (χ1n) is 9.27. The highest BCUT2D eigenvalue weighted by Gasteiger charge is 2.45. The highest BCUT2D eigenvalue weighted by molar-refractivity contribution is 7.46. The molecule has 1 fully saturated rings. The molecule has 0 bridgehead atoms. The Morgan fingerprint density at radius 1 is 1.40 bits per heavy atom. The SMILES string of the molecule is [2H]C([2H])(C(=O)O)[C@]([2H])(NC(=O)c1ncn([C@@H]2O[C@H](COP(=O)(O)O)[C@@H](O)[C@H]2O)c1N)C(=O)O. The summed E-state index contributed by atoms with van der Waals surface area (Å²) in [4.78, 5) is 55.9. The molecule has 9 N–H and O–H groups in total. The predicted octanol–water partition coefficient (Wildman–Crippen LogP) is -3.15. The Bertz CT molecular complexity index is 1000. The number of ether oxygens (including phenoxy) is 1.